The zero-order valence-corrected chi connectivity index (χ0v) is 13.9. The van der Waals surface area contributed by atoms with E-state index >= 15 is 0 Å². The maximum Gasteiger partial charge on any atom is 0.260 e. The Morgan fingerprint density at radius 2 is 1.52 bits per heavy atom. The highest BCUT2D eigenvalue weighted by molar-refractivity contribution is 5.93. The van der Waals surface area contributed by atoms with Gasteiger partial charge in [0.15, 0.2) is 0 Å². The van der Waals surface area contributed by atoms with Crippen molar-refractivity contribution >= 4 is 5.91 Å². The number of H-pyrrole nitrogens is 1. The van der Waals surface area contributed by atoms with Crippen LogP contribution < -0.4 is 10.9 Å². The number of pyridine rings is 1. The average Bonchev–Trinajstić information content (AvgIpc) is 2.56. The zero-order chi connectivity index (χ0) is 16.8. The van der Waals surface area contributed by atoms with Crippen LogP contribution in [0.2, 0.25) is 0 Å². The molecule has 0 atom stereocenters. The summed E-state index contributed by atoms with van der Waals surface area (Å²) in [6.07, 6.45) is 12.5. The maximum atomic E-state index is 11.9. The van der Waals surface area contributed by atoms with Gasteiger partial charge >= 0.3 is 0 Å². The lowest BCUT2D eigenvalue weighted by atomic mass is 10.1. The van der Waals surface area contributed by atoms with Gasteiger partial charge in [-0.3, -0.25) is 14.0 Å². The van der Waals surface area contributed by atoms with Crippen LogP contribution >= 0.6 is 0 Å². The Bertz CT molecular complexity index is 488. The van der Waals surface area contributed by atoms with Crippen molar-refractivity contribution in [1.82, 2.24) is 10.3 Å². The number of unbranched alkanes of at least 4 members (excludes halogenated alkanes) is 9. The number of carbonyl (C=O) groups excluding carboxylic acids is 1. The molecule has 5 heteroatoms. The predicted molar refractivity (Wildman–Crippen MR) is 91.5 cm³/mol. The molecule has 0 aliphatic carbocycles. The SMILES string of the molecule is O=C(NCCCCCCCCCCCCF)c1ccc[nH]c1=O. The molecule has 0 saturated heterocycles. The number of amides is 1. The van der Waals surface area contributed by atoms with Crippen LogP contribution in [-0.2, 0) is 0 Å². The summed E-state index contributed by atoms with van der Waals surface area (Å²) in [5.74, 6) is -0.305. The normalized spacial score (nSPS) is 10.7. The molecule has 23 heavy (non-hydrogen) atoms. The van der Waals surface area contributed by atoms with E-state index in [2.05, 4.69) is 10.3 Å². The molecule has 130 valence electrons. The van der Waals surface area contributed by atoms with E-state index in [1.807, 2.05) is 0 Å². The molecule has 0 unspecified atom stereocenters. The van der Waals surface area contributed by atoms with Crippen LogP contribution in [0.1, 0.15) is 74.6 Å². The Morgan fingerprint density at radius 1 is 0.957 bits per heavy atom. The molecule has 4 nitrogen and oxygen atoms in total. The second-order valence-electron chi connectivity index (χ2n) is 5.89. The van der Waals surface area contributed by atoms with E-state index in [0.717, 1.165) is 25.7 Å². The van der Waals surface area contributed by atoms with Crippen LogP contribution in [0.15, 0.2) is 23.1 Å². The molecule has 1 aromatic heterocycles. The molecule has 0 fully saturated rings. The summed E-state index contributed by atoms with van der Waals surface area (Å²) < 4.78 is 11.9. The molecular formula is C18H29FN2O2. The molecule has 0 spiro atoms. The molecule has 1 aromatic rings. The number of rotatable bonds is 13. The molecular weight excluding hydrogens is 295 g/mol. The second-order valence-corrected chi connectivity index (χ2v) is 5.89. The van der Waals surface area contributed by atoms with E-state index in [0.29, 0.717) is 13.0 Å². The number of hydrogen-bond donors (Lipinski definition) is 2. The molecule has 0 bridgehead atoms. The molecule has 0 radical (unpaired) electrons. The van der Waals surface area contributed by atoms with E-state index < -0.39 is 0 Å². The highest BCUT2D eigenvalue weighted by atomic mass is 19.1. The fraction of sp³-hybridized carbons (Fsp3) is 0.667. The van der Waals surface area contributed by atoms with Gasteiger partial charge in [-0.05, 0) is 25.0 Å². The minimum atomic E-state index is -0.350. The summed E-state index contributed by atoms with van der Waals surface area (Å²) >= 11 is 0. The van der Waals surface area contributed by atoms with Crippen LogP contribution in [0.4, 0.5) is 4.39 Å². The van der Waals surface area contributed by atoms with Crippen molar-refractivity contribution in [1.29, 1.82) is 0 Å². The van der Waals surface area contributed by atoms with Gasteiger partial charge in [-0.15, -0.1) is 0 Å². The van der Waals surface area contributed by atoms with Crippen LogP contribution in [0.3, 0.4) is 0 Å². The Balaban J connectivity index is 1.93. The third-order valence-corrected chi connectivity index (χ3v) is 3.91. The van der Waals surface area contributed by atoms with Gasteiger partial charge in [-0.25, -0.2) is 0 Å². The number of alkyl halides is 1. The molecule has 0 saturated carbocycles. The summed E-state index contributed by atoms with van der Waals surface area (Å²) in [7, 11) is 0. The molecule has 1 amide bonds. The minimum Gasteiger partial charge on any atom is -0.352 e. The molecule has 0 aliphatic rings. The average molecular weight is 324 g/mol. The van der Waals surface area contributed by atoms with E-state index in [4.69, 9.17) is 0 Å². The summed E-state index contributed by atoms with van der Waals surface area (Å²) in [5.41, 5.74) is -0.184. The summed E-state index contributed by atoms with van der Waals surface area (Å²) in [4.78, 5) is 25.7. The Hall–Kier alpha value is -1.65. The molecule has 0 aromatic carbocycles. The van der Waals surface area contributed by atoms with Crippen LogP contribution in [0.25, 0.3) is 0 Å². The number of hydrogen-bond acceptors (Lipinski definition) is 2. The van der Waals surface area contributed by atoms with Gasteiger partial charge in [0.2, 0.25) is 0 Å². The second kappa shape index (κ2) is 12.9. The van der Waals surface area contributed by atoms with Gasteiger partial charge < -0.3 is 10.3 Å². The highest BCUT2D eigenvalue weighted by Gasteiger charge is 2.07. The number of nitrogens with one attached hydrogen (secondary N) is 2. The molecule has 1 heterocycles. The monoisotopic (exact) mass is 324 g/mol. The van der Waals surface area contributed by atoms with E-state index in [1.54, 1.807) is 6.07 Å². The summed E-state index contributed by atoms with van der Waals surface area (Å²) in [6.45, 7) is 0.422. The van der Waals surface area contributed by atoms with Gasteiger partial charge in [0.25, 0.3) is 11.5 Å². The van der Waals surface area contributed by atoms with Crippen molar-refractivity contribution in [2.75, 3.05) is 13.2 Å². The first kappa shape index (κ1) is 19.4. The van der Waals surface area contributed by atoms with E-state index in [-0.39, 0.29) is 23.7 Å². The lowest BCUT2D eigenvalue weighted by Crippen LogP contribution is -2.29. The van der Waals surface area contributed by atoms with Crippen molar-refractivity contribution in [3.63, 3.8) is 0 Å². The van der Waals surface area contributed by atoms with Crippen molar-refractivity contribution in [3.8, 4) is 0 Å². The summed E-state index contributed by atoms with van der Waals surface area (Å²) in [5, 5.41) is 2.78. The third kappa shape index (κ3) is 9.16. The van der Waals surface area contributed by atoms with Gasteiger partial charge in [-0.2, -0.15) is 0 Å². The van der Waals surface area contributed by atoms with Gasteiger partial charge in [-0.1, -0.05) is 51.4 Å². The highest BCUT2D eigenvalue weighted by Crippen LogP contribution is 2.10. The first-order valence-corrected chi connectivity index (χ1v) is 8.77. The van der Waals surface area contributed by atoms with Crippen LogP contribution in [-0.4, -0.2) is 24.1 Å². The van der Waals surface area contributed by atoms with Gasteiger partial charge in [0.1, 0.15) is 5.56 Å². The fourth-order valence-electron chi connectivity index (χ4n) is 2.53. The first-order chi connectivity index (χ1) is 11.3. The lowest BCUT2D eigenvalue weighted by molar-refractivity contribution is 0.0951. The van der Waals surface area contributed by atoms with E-state index in [1.165, 1.54) is 44.4 Å². The lowest BCUT2D eigenvalue weighted by Gasteiger charge is -2.05. The standard InChI is InChI=1S/C18H29FN2O2/c19-13-9-7-5-3-1-2-4-6-8-10-14-20-17(22)16-12-11-15-21-18(16)23/h11-12,15H,1-10,13-14H2,(H,20,22)(H,21,23). The van der Waals surface area contributed by atoms with Crippen molar-refractivity contribution in [2.45, 2.75) is 64.2 Å². The van der Waals surface area contributed by atoms with Crippen molar-refractivity contribution < 1.29 is 9.18 Å². The topological polar surface area (TPSA) is 62.0 Å². The first-order valence-electron chi connectivity index (χ1n) is 8.77. The summed E-state index contributed by atoms with van der Waals surface area (Å²) in [6, 6.07) is 3.18. The van der Waals surface area contributed by atoms with Crippen molar-refractivity contribution in [2.24, 2.45) is 0 Å². The molecule has 0 aliphatic heterocycles. The molecule has 2 N–H and O–H groups in total. The minimum absolute atomic E-state index is 0.167. The zero-order valence-electron chi connectivity index (χ0n) is 13.9. The number of aromatic amines is 1. The number of carbonyl (C=O) groups is 1. The maximum absolute atomic E-state index is 11.9. The fourth-order valence-corrected chi connectivity index (χ4v) is 2.53. The smallest absolute Gasteiger partial charge is 0.260 e. The van der Waals surface area contributed by atoms with Crippen LogP contribution in [0, 0.1) is 0 Å². The Labute approximate surface area is 137 Å². The van der Waals surface area contributed by atoms with Crippen molar-refractivity contribution in [3.05, 3.63) is 34.2 Å². The predicted octanol–water partition coefficient (Wildman–Crippen LogP) is 3.98. The largest absolute Gasteiger partial charge is 0.352 e. The number of halogens is 1. The third-order valence-electron chi connectivity index (χ3n) is 3.91. The van der Waals surface area contributed by atoms with Crippen LogP contribution in [0.5, 0.6) is 0 Å². The Kier molecular flexibility index (Phi) is 10.8. The number of aromatic nitrogens is 1. The quantitative estimate of drug-likeness (QED) is 0.539. The Morgan fingerprint density at radius 3 is 2.09 bits per heavy atom. The van der Waals surface area contributed by atoms with Gasteiger partial charge in [0, 0.05) is 12.7 Å². The van der Waals surface area contributed by atoms with E-state index in [9.17, 15) is 14.0 Å². The molecule has 1 rings (SSSR count). The van der Waals surface area contributed by atoms with Gasteiger partial charge in [0.05, 0.1) is 6.67 Å².